The lowest BCUT2D eigenvalue weighted by atomic mass is 10.2. The van der Waals surface area contributed by atoms with E-state index in [9.17, 15) is 0 Å². The fourth-order valence-electron chi connectivity index (χ4n) is 1.45. The quantitative estimate of drug-likeness (QED) is 0.577. The maximum absolute atomic E-state index is 8.71. The van der Waals surface area contributed by atoms with Crippen molar-refractivity contribution < 1.29 is 9.84 Å². The van der Waals surface area contributed by atoms with Gasteiger partial charge in [-0.25, -0.2) is 0 Å². The van der Waals surface area contributed by atoms with Crippen LogP contribution in [0.15, 0.2) is 0 Å². The predicted molar refractivity (Wildman–Crippen MR) is 59.5 cm³/mol. The molecule has 0 saturated heterocycles. The Labute approximate surface area is 88.1 Å². The zero-order valence-electron chi connectivity index (χ0n) is 9.83. The third-order valence-electron chi connectivity index (χ3n) is 2.65. The van der Waals surface area contributed by atoms with Crippen molar-refractivity contribution in [2.75, 3.05) is 33.4 Å². The first kappa shape index (κ1) is 13.9. The number of hydrogen-bond acceptors (Lipinski definition) is 3. The summed E-state index contributed by atoms with van der Waals surface area (Å²) in [5.41, 5.74) is 0. The molecule has 0 aliphatic rings. The fraction of sp³-hybridized carbons (Fsp3) is 1.00. The largest absolute Gasteiger partial charge is 0.396 e. The SMILES string of the molecule is CCC(C)N(CCCCO)CCOC. The molecule has 3 heteroatoms. The van der Waals surface area contributed by atoms with Crippen LogP contribution >= 0.6 is 0 Å². The van der Waals surface area contributed by atoms with E-state index in [1.165, 1.54) is 6.42 Å². The average molecular weight is 203 g/mol. The maximum atomic E-state index is 8.71. The van der Waals surface area contributed by atoms with E-state index in [0.717, 1.165) is 32.5 Å². The molecule has 0 saturated carbocycles. The summed E-state index contributed by atoms with van der Waals surface area (Å²) in [4.78, 5) is 2.43. The Hall–Kier alpha value is -0.120. The number of rotatable bonds is 9. The molecule has 0 radical (unpaired) electrons. The summed E-state index contributed by atoms with van der Waals surface area (Å²) in [5.74, 6) is 0. The Morgan fingerprint density at radius 2 is 2.00 bits per heavy atom. The Morgan fingerprint density at radius 1 is 1.29 bits per heavy atom. The molecule has 0 aliphatic heterocycles. The molecule has 0 spiro atoms. The van der Waals surface area contributed by atoms with Crippen molar-refractivity contribution in [1.82, 2.24) is 4.90 Å². The van der Waals surface area contributed by atoms with Crippen LogP contribution in [0.5, 0.6) is 0 Å². The highest BCUT2D eigenvalue weighted by molar-refractivity contribution is 4.65. The number of aliphatic hydroxyl groups is 1. The highest BCUT2D eigenvalue weighted by Gasteiger charge is 2.10. The van der Waals surface area contributed by atoms with Crippen LogP contribution in [0.25, 0.3) is 0 Å². The standard InChI is InChI=1S/C11H25NO2/c1-4-11(2)12(8-10-14-3)7-5-6-9-13/h11,13H,4-10H2,1-3H3. The molecular weight excluding hydrogens is 178 g/mol. The summed E-state index contributed by atoms with van der Waals surface area (Å²) >= 11 is 0. The second kappa shape index (κ2) is 9.44. The van der Waals surface area contributed by atoms with Gasteiger partial charge in [-0.1, -0.05) is 6.92 Å². The molecule has 1 unspecified atom stereocenters. The highest BCUT2D eigenvalue weighted by Crippen LogP contribution is 2.05. The minimum absolute atomic E-state index is 0.304. The van der Waals surface area contributed by atoms with E-state index in [1.807, 2.05) is 0 Å². The van der Waals surface area contributed by atoms with E-state index in [0.29, 0.717) is 12.6 Å². The molecule has 0 aliphatic carbocycles. The number of aliphatic hydroxyl groups excluding tert-OH is 1. The van der Waals surface area contributed by atoms with Gasteiger partial charge in [-0.15, -0.1) is 0 Å². The topological polar surface area (TPSA) is 32.7 Å². The second-order valence-corrected chi connectivity index (χ2v) is 3.72. The van der Waals surface area contributed by atoms with E-state index in [-0.39, 0.29) is 0 Å². The van der Waals surface area contributed by atoms with E-state index in [4.69, 9.17) is 9.84 Å². The van der Waals surface area contributed by atoms with E-state index in [2.05, 4.69) is 18.7 Å². The first-order valence-corrected chi connectivity index (χ1v) is 5.60. The number of ether oxygens (including phenoxy) is 1. The van der Waals surface area contributed by atoms with Crippen LogP contribution in [0.3, 0.4) is 0 Å². The molecule has 0 bridgehead atoms. The zero-order chi connectivity index (χ0) is 10.8. The third kappa shape index (κ3) is 6.35. The summed E-state index contributed by atoms with van der Waals surface area (Å²) in [6.07, 6.45) is 3.15. The van der Waals surface area contributed by atoms with Gasteiger partial charge in [0, 0.05) is 26.3 Å². The lowest BCUT2D eigenvalue weighted by molar-refractivity contribution is 0.120. The molecule has 0 heterocycles. The van der Waals surface area contributed by atoms with Crippen molar-refractivity contribution in [2.45, 2.75) is 39.2 Å². The summed E-state index contributed by atoms with van der Waals surface area (Å²) in [7, 11) is 1.74. The van der Waals surface area contributed by atoms with Crippen LogP contribution in [0, 0.1) is 0 Å². The average Bonchev–Trinajstić information content (AvgIpc) is 2.22. The van der Waals surface area contributed by atoms with Gasteiger partial charge in [0.2, 0.25) is 0 Å². The third-order valence-corrected chi connectivity index (χ3v) is 2.65. The molecule has 0 fully saturated rings. The van der Waals surface area contributed by atoms with Gasteiger partial charge < -0.3 is 9.84 Å². The van der Waals surface area contributed by atoms with E-state index in [1.54, 1.807) is 7.11 Å². The maximum Gasteiger partial charge on any atom is 0.0589 e. The summed E-state index contributed by atoms with van der Waals surface area (Å²) in [6.45, 7) is 7.61. The zero-order valence-corrected chi connectivity index (χ0v) is 9.83. The van der Waals surface area contributed by atoms with E-state index < -0.39 is 0 Å². The first-order valence-electron chi connectivity index (χ1n) is 5.60. The van der Waals surface area contributed by atoms with Crippen molar-refractivity contribution in [3.63, 3.8) is 0 Å². The van der Waals surface area contributed by atoms with Crippen LogP contribution in [-0.4, -0.2) is 49.5 Å². The van der Waals surface area contributed by atoms with Gasteiger partial charge >= 0.3 is 0 Å². The second-order valence-electron chi connectivity index (χ2n) is 3.72. The Bertz CT molecular complexity index is 120. The van der Waals surface area contributed by atoms with Crippen molar-refractivity contribution in [2.24, 2.45) is 0 Å². The molecule has 0 aromatic rings. The van der Waals surface area contributed by atoms with Gasteiger partial charge in [0.05, 0.1) is 6.61 Å². The number of unbranched alkanes of at least 4 members (excludes halogenated alkanes) is 1. The Kier molecular flexibility index (Phi) is 9.35. The van der Waals surface area contributed by atoms with Gasteiger partial charge in [-0.3, -0.25) is 4.90 Å². The minimum atomic E-state index is 0.304. The fourth-order valence-corrected chi connectivity index (χ4v) is 1.45. The molecule has 0 amide bonds. The molecule has 14 heavy (non-hydrogen) atoms. The summed E-state index contributed by atoms with van der Waals surface area (Å²) in [5, 5.41) is 8.71. The van der Waals surface area contributed by atoms with Gasteiger partial charge in [-0.05, 0) is 32.7 Å². The van der Waals surface area contributed by atoms with Crippen LogP contribution in [0.4, 0.5) is 0 Å². The molecule has 86 valence electrons. The first-order chi connectivity index (χ1) is 6.76. The van der Waals surface area contributed by atoms with Gasteiger partial charge in [0.25, 0.3) is 0 Å². The lowest BCUT2D eigenvalue weighted by Crippen LogP contribution is -2.36. The predicted octanol–water partition coefficient (Wildman–Crippen LogP) is 1.51. The van der Waals surface area contributed by atoms with Crippen LogP contribution < -0.4 is 0 Å². The molecule has 0 aromatic heterocycles. The minimum Gasteiger partial charge on any atom is -0.396 e. The van der Waals surface area contributed by atoms with Crippen molar-refractivity contribution in [3.8, 4) is 0 Å². The molecule has 1 N–H and O–H groups in total. The van der Waals surface area contributed by atoms with E-state index >= 15 is 0 Å². The Balaban J connectivity index is 3.72. The molecule has 1 atom stereocenters. The van der Waals surface area contributed by atoms with Gasteiger partial charge in [-0.2, -0.15) is 0 Å². The van der Waals surface area contributed by atoms with Gasteiger partial charge in [0.15, 0.2) is 0 Å². The smallest absolute Gasteiger partial charge is 0.0589 e. The number of hydrogen-bond donors (Lipinski definition) is 1. The van der Waals surface area contributed by atoms with Crippen molar-refractivity contribution in [3.05, 3.63) is 0 Å². The normalized spacial score (nSPS) is 13.5. The summed E-state index contributed by atoms with van der Waals surface area (Å²) in [6, 6.07) is 0.615. The van der Waals surface area contributed by atoms with Crippen molar-refractivity contribution in [1.29, 1.82) is 0 Å². The van der Waals surface area contributed by atoms with Crippen LogP contribution in [0.2, 0.25) is 0 Å². The highest BCUT2D eigenvalue weighted by atomic mass is 16.5. The number of methoxy groups -OCH3 is 1. The Morgan fingerprint density at radius 3 is 2.50 bits per heavy atom. The van der Waals surface area contributed by atoms with Crippen LogP contribution in [0.1, 0.15) is 33.1 Å². The number of nitrogens with zero attached hydrogens (tertiary/aromatic N) is 1. The monoisotopic (exact) mass is 203 g/mol. The van der Waals surface area contributed by atoms with Gasteiger partial charge in [0.1, 0.15) is 0 Å². The van der Waals surface area contributed by atoms with Crippen molar-refractivity contribution >= 4 is 0 Å². The molecule has 0 rings (SSSR count). The van der Waals surface area contributed by atoms with Crippen LogP contribution in [-0.2, 0) is 4.74 Å². The molecule has 3 nitrogen and oxygen atoms in total. The lowest BCUT2D eigenvalue weighted by Gasteiger charge is -2.27. The molecule has 0 aromatic carbocycles. The summed E-state index contributed by atoms with van der Waals surface area (Å²) < 4.78 is 5.08. The molecular formula is C11H25NO2.